The number of nitrogens with one attached hydrogen (secondary N) is 2. The minimum absolute atomic E-state index is 0.0714. The number of carbonyl (C=O) groups excluding carboxylic acids is 1. The minimum atomic E-state index is -0.119. The Hall–Kier alpha value is -2.02. The predicted molar refractivity (Wildman–Crippen MR) is 98.2 cm³/mol. The lowest BCUT2D eigenvalue weighted by molar-refractivity contribution is 0.0616. The molecule has 0 bridgehead atoms. The molecule has 6 nitrogen and oxygen atoms in total. The van der Waals surface area contributed by atoms with Gasteiger partial charge in [0.2, 0.25) is 0 Å². The van der Waals surface area contributed by atoms with Crippen molar-refractivity contribution in [3.8, 4) is 0 Å². The summed E-state index contributed by atoms with van der Waals surface area (Å²) in [5, 5.41) is 5.18. The van der Waals surface area contributed by atoms with Crippen molar-refractivity contribution in [3.63, 3.8) is 0 Å². The van der Waals surface area contributed by atoms with E-state index in [0.717, 1.165) is 23.3 Å². The number of hydrogen-bond acceptors (Lipinski definition) is 3. The summed E-state index contributed by atoms with van der Waals surface area (Å²) in [6.45, 7) is 2.03. The number of rotatable bonds is 2. The lowest BCUT2D eigenvalue weighted by Gasteiger charge is -2.35. The minimum Gasteiger partial charge on any atom is -0.350 e. The third kappa shape index (κ3) is 2.90. The SMILES string of the molecule is Cn1ccnc1C1CNCCN1C(=O)c1cc2c(Cl)cc(Cl)cc2[nH]1. The van der Waals surface area contributed by atoms with E-state index in [1.54, 1.807) is 24.4 Å². The maximum absolute atomic E-state index is 13.1. The lowest BCUT2D eigenvalue weighted by atomic mass is 10.1. The number of aromatic amines is 1. The largest absolute Gasteiger partial charge is 0.350 e. The molecule has 3 heterocycles. The molecule has 2 aromatic heterocycles. The van der Waals surface area contributed by atoms with Gasteiger partial charge < -0.3 is 19.8 Å². The number of aromatic nitrogens is 3. The molecule has 8 heteroatoms. The summed E-state index contributed by atoms with van der Waals surface area (Å²) in [5.74, 6) is 0.788. The Labute approximate surface area is 154 Å². The number of halogens is 2. The molecule has 0 spiro atoms. The number of carbonyl (C=O) groups is 1. The second kappa shape index (κ2) is 6.37. The van der Waals surface area contributed by atoms with Crippen molar-refractivity contribution in [2.45, 2.75) is 6.04 Å². The van der Waals surface area contributed by atoms with Gasteiger partial charge in [0.15, 0.2) is 0 Å². The Kier molecular flexibility index (Phi) is 4.19. The van der Waals surface area contributed by atoms with Crippen LogP contribution in [0.4, 0.5) is 0 Å². The molecule has 1 amide bonds. The third-order valence-corrected chi connectivity index (χ3v) is 5.07. The number of hydrogen-bond donors (Lipinski definition) is 2. The first-order valence-corrected chi connectivity index (χ1v) is 8.77. The molecular formula is C17H17Cl2N5O. The van der Waals surface area contributed by atoms with Gasteiger partial charge in [0, 0.05) is 55.0 Å². The molecule has 1 aliphatic heterocycles. The van der Waals surface area contributed by atoms with E-state index >= 15 is 0 Å². The van der Waals surface area contributed by atoms with Crippen molar-refractivity contribution in [2.75, 3.05) is 19.6 Å². The van der Waals surface area contributed by atoms with Gasteiger partial charge in [-0.3, -0.25) is 4.79 Å². The number of fused-ring (bicyclic) bond motifs is 1. The lowest BCUT2D eigenvalue weighted by Crippen LogP contribution is -2.49. The molecule has 2 N–H and O–H groups in total. The van der Waals surface area contributed by atoms with Gasteiger partial charge in [0.1, 0.15) is 17.6 Å². The summed E-state index contributed by atoms with van der Waals surface area (Å²) in [7, 11) is 1.93. The number of aryl methyl sites for hydroxylation is 1. The van der Waals surface area contributed by atoms with Crippen LogP contribution < -0.4 is 5.32 Å². The third-order valence-electron chi connectivity index (χ3n) is 4.54. The number of amides is 1. The number of benzene rings is 1. The zero-order valence-corrected chi connectivity index (χ0v) is 15.1. The van der Waals surface area contributed by atoms with Crippen molar-refractivity contribution < 1.29 is 4.79 Å². The summed E-state index contributed by atoms with van der Waals surface area (Å²) < 4.78 is 1.94. The fraction of sp³-hybridized carbons (Fsp3) is 0.294. The molecular weight excluding hydrogens is 361 g/mol. The number of piperazine rings is 1. The Morgan fingerprint density at radius 3 is 2.92 bits per heavy atom. The molecule has 0 radical (unpaired) electrons. The van der Waals surface area contributed by atoms with Crippen molar-refractivity contribution in [3.05, 3.63) is 52.2 Å². The first-order valence-electron chi connectivity index (χ1n) is 8.01. The van der Waals surface area contributed by atoms with Crippen LogP contribution in [-0.4, -0.2) is 45.0 Å². The van der Waals surface area contributed by atoms with E-state index < -0.39 is 0 Å². The van der Waals surface area contributed by atoms with E-state index in [9.17, 15) is 4.79 Å². The van der Waals surface area contributed by atoms with E-state index in [-0.39, 0.29) is 11.9 Å². The van der Waals surface area contributed by atoms with Crippen LogP contribution in [-0.2, 0) is 7.05 Å². The van der Waals surface area contributed by atoms with Gasteiger partial charge >= 0.3 is 0 Å². The van der Waals surface area contributed by atoms with Crippen molar-refractivity contribution in [1.82, 2.24) is 24.8 Å². The summed E-state index contributed by atoms with van der Waals surface area (Å²) in [5.41, 5.74) is 1.25. The number of imidazole rings is 1. The average molecular weight is 378 g/mol. The summed E-state index contributed by atoms with van der Waals surface area (Å²) in [6.07, 6.45) is 3.63. The molecule has 1 unspecified atom stereocenters. The molecule has 25 heavy (non-hydrogen) atoms. The van der Waals surface area contributed by atoms with E-state index in [4.69, 9.17) is 23.2 Å². The van der Waals surface area contributed by atoms with Crippen molar-refractivity contribution in [2.24, 2.45) is 7.05 Å². The van der Waals surface area contributed by atoms with Gasteiger partial charge in [0.25, 0.3) is 5.91 Å². The molecule has 4 rings (SSSR count). The average Bonchev–Trinajstić information content (AvgIpc) is 3.20. The smallest absolute Gasteiger partial charge is 0.271 e. The zero-order valence-electron chi connectivity index (χ0n) is 13.6. The van der Waals surface area contributed by atoms with E-state index in [1.807, 2.05) is 22.7 Å². The standard InChI is InChI=1S/C17H17Cl2N5O/c1-23-4-3-21-16(23)15-9-20-2-5-24(15)17(25)14-8-11-12(19)6-10(18)7-13(11)22-14/h3-4,6-8,15,20,22H,2,5,9H2,1H3. The molecule has 1 saturated heterocycles. The topological polar surface area (TPSA) is 66.0 Å². The van der Waals surface area contributed by atoms with Crippen LogP contribution in [0, 0.1) is 0 Å². The highest BCUT2D eigenvalue weighted by Crippen LogP contribution is 2.30. The zero-order chi connectivity index (χ0) is 17.6. The second-order valence-electron chi connectivity index (χ2n) is 6.15. The maximum Gasteiger partial charge on any atom is 0.271 e. The monoisotopic (exact) mass is 377 g/mol. The van der Waals surface area contributed by atoms with E-state index in [1.165, 1.54) is 0 Å². The Morgan fingerprint density at radius 2 is 2.16 bits per heavy atom. The highest BCUT2D eigenvalue weighted by molar-refractivity contribution is 6.38. The maximum atomic E-state index is 13.1. The van der Waals surface area contributed by atoms with Gasteiger partial charge in [-0.05, 0) is 18.2 Å². The van der Waals surface area contributed by atoms with Gasteiger partial charge in [-0.1, -0.05) is 23.2 Å². The molecule has 1 fully saturated rings. The first-order chi connectivity index (χ1) is 12.0. The summed E-state index contributed by atoms with van der Waals surface area (Å²) >= 11 is 12.3. The van der Waals surface area contributed by atoms with Crippen LogP contribution in [0.1, 0.15) is 22.4 Å². The molecule has 130 valence electrons. The van der Waals surface area contributed by atoms with Crippen LogP contribution in [0.15, 0.2) is 30.6 Å². The normalized spacial score (nSPS) is 18.0. The van der Waals surface area contributed by atoms with Gasteiger partial charge in [-0.2, -0.15) is 0 Å². The van der Waals surface area contributed by atoms with E-state index in [0.29, 0.717) is 28.8 Å². The van der Waals surface area contributed by atoms with Crippen LogP contribution in [0.3, 0.4) is 0 Å². The second-order valence-corrected chi connectivity index (χ2v) is 6.99. The fourth-order valence-electron chi connectivity index (χ4n) is 3.31. The number of H-pyrrole nitrogens is 1. The van der Waals surface area contributed by atoms with Crippen LogP contribution >= 0.6 is 23.2 Å². The van der Waals surface area contributed by atoms with Crippen LogP contribution in [0.2, 0.25) is 10.0 Å². The van der Waals surface area contributed by atoms with Gasteiger partial charge in [-0.15, -0.1) is 0 Å². The van der Waals surface area contributed by atoms with Gasteiger partial charge in [0.05, 0.1) is 5.02 Å². The van der Waals surface area contributed by atoms with Crippen molar-refractivity contribution in [1.29, 1.82) is 0 Å². The first kappa shape index (κ1) is 16.4. The van der Waals surface area contributed by atoms with E-state index in [2.05, 4.69) is 15.3 Å². The summed E-state index contributed by atoms with van der Waals surface area (Å²) in [6, 6.07) is 5.11. The molecule has 1 aromatic carbocycles. The highest BCUT2D eigenvalue weighted by atomic mass is 35.5. The molecule has 0 aliphatic carbocycles. The molecule has 1 aliphatic rings. The highest BCUT2D eigenvalue weighted by Gasteiger charge is 2.31. The van der Waals surface area contributed by atoms with Gasteiger partial charge in [-0.25, -0.2) is 4.98 Å². The predicted octanol–water partition coefficient (Wildman–Crippen LogP) is 2.99. The quantitative estimate of drug-likeness (QED) is 0.721. The van der Waals surface area contributed by atoms with Crippen LogP contribution in [0.25, 0.3) is 10.9 Å². The Morgan fingerprint density at radius 1 is 1.32 bits per heavy atom. The molecule has 3 aromatic rings. The van der Waals surface area contributed by atoms with Crippen LogP contribution in [0.5, 0.6) is 0 Å². The fourth-order valence-corrected chi connectivity index (χ4v) is 3.85. The Bertz CT molecular complexity index is 948. The molecule has 0 saturated carbocycles. The summed E-state index contributed by atoms with van der Waals surface area (Å²) in [4.78, 5) is 22.5. The Balaban J connectivity index is 1.71. The van der Waals surface area contributed by atoms with Crippen molar-refractivity contribution >= 4 is 40.0 Å². The molecule has 1 atom stereocenters. The number of nitrogens with zero attached hydrogens (tertiary/aromatic N) is 3.